The van der Waals surface area contributed by atoms with E-state index < -0.39 is 0 Å². The predicted octanol–water partition coefficient (Wildman–Crippen LogP) is 4.33. The Morgan fingerprint density at radius 2 is 1.93 bits per heavy atom. The molecule has 2 N–H and O–H groups in total. The molecule has 1 heterocycles. The molecule has 30 heavy (non-hydrogen) atoms. The van der Waals surface area contributed by atoms with Crippen LogP contribution in [0.1, 0.15) is 41.9 Å². The molecule has 3 aromatic rings. The van der Waals surface area contributed by atoms with Crippen LogP contribution in [0.3, 0.4) is 0 Å². The Labute approximate surface area is 180 Å². The minimum atomic E-state index is -0.259. The Kier molecular flexibility index (Phi) is 6.04. The Morgan fingerprint density at radius 1 is 1.17 bits per heavy atom. The van der Waals surface area contributed by atoms with Gasteiger partial charge in [-0.15, -0.1) is 0 Å². The summed E-state index contributed by atoms with van der Waals surface area (Å²) in [6.07, 6.45) is 4.96. The van der Waals surface area contributed by atoms with E-state index >= 15 is 0 Å². The summed E-state index contributed by atoms with van der Waals surface area (Å²) in [7, 11) is 1.96. The van der Waals surface area contributed by atoms with Gasteiger partial charge in [0.1, 0.15) is 5.82 Å². The lowest BCUT2D eigenvalue weighted by atomic mass is 10.1. The number of benzene rings is 2. The number of carbonyl (C=O) groups is 2. The Morgan fingerprint density at radius 3 is 2.70 bits per heavy atom. The van der Waals surface area contributed by atoms with Crippen molar-refractivity contribution in [2.24, 2.45) is 13.0 Å². The second-order valence-electron chi connectivity index (χ2n) is 7.75. The molecular weight excluding hydrogens is 400 g/mol. The third kappa shape index (κ3) is 4.33. The molecule has 0 saturated heterocycles. The fraction of sp³-hybridized carbons (Fsp3) is 0.348. The number of carbonyl (C=O) groups excluding carboxylic acids is 2. The molecule has 0 spiro atoms. The van der Waals surface area contributed by atoms with Crippen molar-refractivity contribution in [2.45, 2.75) is 32.1 Å². The molecule has 0 unspecified atom stereocenters. The number of nitrogens with zero attached hydrogens (tertiary/aromatic N) is 2. The zero-order valence-electron chi connectivity index (χ0n) is 17.0. The smallest absolute Gasteiger partial charge is 0.257 e. The van der Waals surface area contributed by atoms with Crippen LogP contribution in [0.2, 0.25) is 5.02 Å². The standard InChI is InChI=1S/C23H25ClN4O2/c1-28-20-11-10-16(26-23(30)17-8-4-5-9-18(17)24)14-19(20)27-21(28)12-13-25-22(29)15-6-2-3-7-15/h4-5,8-11,14-15H,2-3,6-7,12-13H2,1H3,(H,25,29)(H,26,30). The Balaban J connectivity index is 1.43. The van der Waals surface area contributed by atoms with E-state index in [1.165, 1.54) is 0 Å². The largest absolute Gasteiger partial charge is 0.355 e. The highest BCUT2D eigenvalue weighted by molar-refractivity contribution is 6.34. The van der Waals surface area contributed by atoms with Crippen LogP contribution in [0.4, 0.5) is 5.69 Å². The normalized spacial score (nSPS) is 14.2. The van der Waals surface area contributed by atoms with Crippen LogP contribution < -0.4 is 10.6 Å². The molecule has 156 valence electrons. The first-order valence-corrected chi connectivity index (χ1v) is 10.7. The van der Waals surface area contributed by atoms with Crippen molar-refractivity contribution in [3.8, 4) is 0 Å². The quantitative estimate of drug-likeness (QED) is 0.618. The maximum absolute atomic E-state index is 12.5. The number of aryl methyl sites for hydroxylation is 1. The van der Waals surface area contributed by atoms with E-state index in [9.17, 15) is 9.59 Å². The fourth-order valence-electron chi connectivity index (χ4n) is 4.02. The van der Waals surface area contributed by atoms with Gasteiger partial charge in [-0.2, -0.15) is 0 Å². The maximum Gasteiger partial charge on any atom is 0.257 e. The Hall–Kier alpha value is -2.86. The van der Waals surface area contributed by atoms with E-state index in [1.807, 2.05) is 29.8 Å². The van der Waals surface area contributed by atoms with Crippen LogP contribution >= 0.6 is 11.6 Å². The zero-order valence-corrected chi connectivity index (χ0v) is 17.7. The topological polar surface area (TPSA) is 76.0 Å². The van der Waals surface area contributed by atoms with Crippen molar-refractivity contribution in [3.05, 3.63) is 58.9 Å². The number of fused-ring (bicyclic) bond motifs is 1. The number of aromatic nitrogens is 2. The average molecular weight is 425 g/mol. The van der Waals surface area contributed by atoms with Gasteiger partial charge < -0.3 is 15.2 Å². The lowest BCUT2D eigenvalue weighted by molar-refractivity contribution is -0.124. The average Bonchev–Trinajstić information content (AvgIpc) is 3.37. The number of nitrogens with one attached hydrogen (secondary N) is 2. The fourth-order valence-corrected chi connectivity index (χ4v) is 4.25. The van der Waals surface area contributed by atoms with Crippen LogP contribution in [0, 0.1) is 5.92 Å². The van der Waals surface area contributed by atoms with Gasteiger partial charge in [0.25, 0.3) is 5.91 Å². The van der Waals surface area contributed by atoms with Crippen LogP contribution in [0.5, 0.6) is 0 Å². The van der Waals surface area contributed by atoms with Gasteiger partial charge in [-0.25, -0.2) is 4.98 Å². The predicted molar refractivity (Wildman–Crippen MR) is 119 cm³/mol. The third-order valence-electron chi connectivity index (χ3n) is 5.72. The minimum Gasteiger partial charge on any atom is -0.355 e. The highest BCUT2D eigenvalue weighted by Crippen LogP contribution is 2.25. The van der Waals surface area contributed by atoms with E-state index in [0.717, 1.165) is 42.5 Å². The van der Waals surface area contributed by atoms with Gasteiger partial charge in [-0.3, -0.25) is 9.59 Å². The van der Waals surface area contributed by atoms with Gasteiger partial charge >= 0.3 is 0 Å². The number of halogens is 1. The number of hydrogen-bond donors (Lipinski definition) is 2. The molecule has 1 aliphatic carbocycles. The molecule has 1 aliphatic rings. The molecule has 7 heteroatoms. The summed E-state index contributed by atoms with van der Waals surface area (Å²) >= 11 is 6.11. The highest BCUT2D eigenvalue weighted by Gasteiger charge is 2.22. The zero-order chi connectivity index (χ0) is 21.1. The number of rotatable bonds is 6. The first-order chi connectivity index (χ1) is 14.5. The van der Waals surface area contributed by atoms with E-state index in [4.69, 9.17) is 16.6 Å². The van der Waals surface area contributed by atoms with Gasteiger partial charge in [-0.05, 0) is 43.2 Å². The first kappa shape index (κ1) is 20.4. The number of hydrogen-bond acceptors (Lipinski definition) is 3. The van der Waals surface area contributed by atoms with Crippen molar-refractivity contribution in [2.75, 3.05) is 11.9 Å². The van der Waals surface area contributed by atoms with Gasteiger partial charge in [0.15, 0.2) is 0 Å². The SMILES string of the molecule is Cn1c(CCNC(=O)C2CCCC2)nc2cc(NC(=O)c3ccccc3Cl)ccc21. The number of imidazole rings is 1. The summed E-state index contributed by atoms with van der Waals surface area (Å²) in [6.45, 7) is 0.572. The lowest BCUT2D eigenvalue weighted by Gasteiger charge is -2.10. The molecular formula is C23H25ClN4O2. The summed E-state index contributed by atoms with van der Waals surface area (Å²) < 4.78 is 2.02. The van der Waals surface area contributed by atoms with Crippen LogP contribution in [0.25, 0.3) is 11.0 Å². The second-order valence-corrected chi connectivity index (χ2v) is 8.15. The molecule has 0 aliphatic heterocycles. The van der Waals surface area contributed by atoms with Gasteiger partial charge in [0, 0.05) is 31.6 Å². The van der Waals surface area contributed by atoms with Crippen molar-refractivity contribution < 1.29 is 9.59 Å². The number of amides is 2. The van der Waals surface area contributed by atoms with Crippen molar-refractivity contribution in [1.82, 2.24) is 14.9 Å². The molecule has 0 atom stereocenters. The molecule has 4 rings (SSSR count). The molecule has 6 nitrogen and oxygen atoms in total. The third-order valence-corrected chi connectivity index (χ3v) is 6.05. The van der Waals surface area contributed by atoms with Crippen LogP contribution in [-0.2, 0) is 18.3 Å². The maximum atomic E-state index is 12.5. The van der Waals surface area contributed by atoms with Crippen molar-refractivity contribution >= 4 is 40.1 Å². The van der Waals surface area contributed by atoms with Crippen molar-refractivity contribution in [3.63, 3.8) is 0 Å². The summed E-state index contributed by atoms with van der Waals surface area (Å²) in [6, 6.07) is 12.6. The Bertz CT molecular complexity index is 1090. The van der Waals surface area contributed by atoms with Crippen LogP contribution in [-0.4, -0.2) is 27.9 Å². The second kappa shape index (κ2) is 8.88. The molecule has 1 saturated carbocycles. The highest BCUT2D eigenvalue weighted by atomic mass is 35.5. The monoisotopic (exact) mass is 424 g/mol. The molecule has 2 amide bonds. The van der Waals surface area contributed by atoms with Crippen molar-refractivity contribution in [1.29, 1.82) is 0 Å². The first-order valence-electron chi connectivity index (χ1n) is 10.3. The van der Waals surface area contributed by atoms with Crippen LogP contribution in [0.15, 0.2) is 42.5 Å². The summed E-state index contributed by atoms with van der Waals surface area (Å²) in [4.78, 5) is 29.4. The summed E-state index contributed by atoms with van der Waals surface area (Å²) in [5.41, 5.74) is 2.86. The van der Waals surface area contributed by atoms with Gasteiger partial charge in [0.2, 0.25) is 5.91 Å². The van der Waals surface area contributed by atoms with E-state index in [-0.39, 0.29) is 17.7 Å². The van der Waals surface area contributed by atoms with E-state index in [0.29, 0.717) is 29.2 Å². The lowest BCUT2D eigenvalue weighted by Crippen LogP contribution is -2.31. The molecule has 2 aromatic carbocycles. The number of anilines is 1. The van der Waals surface area contributed by atoms with Gasteiger partial charge in [0.05, 0.1) is 21.6 Å². The minimum absolute atomic E-state index is 0.163. The molecule has 0 bridgehead atoms. The summed E-state index contributed by atoms with van der Waals surface area (Å²) in [5.74, 6) is 0.975. The van der Waals surface area contributed by atoms with Gasteiger partial charge in [-0.1, -0.05) is 36.6 Å². The molecule has 1 aromatic heterocycles. The summed E-state index contributed by atoms with van der Waals surface area (Å²) in [5, 5.41) is 6.34. The molecule has 0 radical (unpaired) electrons. The van der Waals surface area contributed by atoms with E-state index in [1.54, 1.807) is 24.3 Å². The van der Waals surface area contributed by atoms with E-state index in [2.05, 4.69) is 10.6 Å². The molecule has 1 fully saturated rings.